The van der Waals surface area contributed by atoms with E-state index in [2.05, 4.69) is 74.3 Å². The number of piperazine rings is 1. The standard InChI is InChI=1S/C37H43F2N5S/c1-10-25(7)43-18-19-44(26(8)22-43)37(42-34-28(24(5)6)15-13-17-32(34)45-9)29-21-31(39)35(41-36(29)40-11-2)33-27(20-23(3)4)14-12-16-30(33)38/h10-17,21,24,26H,1-3,7,18-20,22H2,4-6,8-9H3,(H,40,41). The van der Waals surface area contributed by atoms with Crippen LogP contribution in [0, 0.1) is 11.6 Å². The minimum absolute atomic E-state index is 0.00815. The number of aromatic nitrogens is 1. The van der Waals surface area contributed by atoms with E-state index in [1.54, 1.807) is 30.0 Å². The van der Waals surface area contributed by atoms with Gasteiger partial charge >= 0.3 is 0 Å². The smallest absolute Gasteiger partial charge is 0.150 e. The molecule has 236 valence electrons. The average Bonchev–Trinajstić information content (AvgIpc) is 3.00. The maximum absolute atomic E-state index is 16.4. The molecule has 3 aromatic rings. The summed E-state index contributed by atoms with van der Waals surface area (Å²) < 4.78 is 31.7. The molecule has 1 atom stereocenters. The summed E-state index contributed by atoms with van der Waals surface area (Å²) in [7, 11) is 0. The summed E-state index contributed by atoms with van der Waals surface area (Å²) in [4.78, 5) is 15.5. The first kappa shape index (κ1) is 33.7. The molecule has 4 rings (SSSR count). The van der Waals surface area contributed by atoms with Gasteiger partial charge < -0.3 is 15.1 Å². The lowest BCUT2D eigenvalue weighted by Crippen LogP contribution is -2.53. The molecule has 0 aliphatic carbocycles. The number of anilines is 1. The van der Waals surface area contributed by atoms with Gasteiger partial charge in [0.15, 0.2) is 0 Å². The van der Waals surface area contributed by atoms with Crippen molar-refractivity contribution >= 4 is 29.1 Å². The Labute approximate surface area is 271 Å². The molecule has 2 aromatic carbocycles. The number of hydrogen-bond acceptors (Lipinski definition) is 5. The van der Waals surface area contributed by atoms with Crippen molar-refractivity contribution in [3.05, 3.63) is 121 Å². The van der Waals surface area contributed by atoms with E-state index in [1.165, 1.54) is 18.3 Å². The van der Waals surface area contributed by atoms with Crippen molar-refractivity contribution in [2.75, 3.05) is 31.2 Å². The van der Waals surface area contributed by atoms with E-state index >= 15 is 8.78 Å². The van der Waals surface area contributed by atoms with Gasteiger partial charge in [-0.3, -0.25) is 0 Å². The normalized spacial score (nSPS) is 15.3. The summed E-state index contributed by atoms with van der Waals surface area (Å²) in [6, 6.07) is 12.3. The Bertz CT molecular complexity index is 1640. The summed E-state index contributed by atoms with van der Waals surface area (Å²) in [5.41, 5.74) is 4.73. The Morgan fingerprint density at radius 1 is 1.13 bits per heavy atom. The van der Waals surface area contributed by atoms with E-state index < -0.39 is 11.6 Å². The third-order valence-corrected chi connectivity index (χ3v) is 8.69. The molecule has 8 heteroatoms. The molecule has 1 N–H and O–H groups in total. The average molecular weight is 628 g/mol. The van der Waals surface area contributed by atoms with Crippen LogP contribution in [0.5, 0.6) is 0 Å². The second-order valence-electron chi connectivity index (χ2n) is 11.6. The van der Waals surface area contributed by atoms with Crippen molar-refractivity contribution in [2.24, 2.45) is 4.99 Å². The summed E-state index contributed by atoms with van der Waals surface area (Å²) in [6.45, 7) is 26.1. The molecule has 1 unspecified atom stereocenters. The lowest BCUT2D eigenvalue weighted by atomic mass is 9.97. The van der Waals surface area contributed by atoms with E-state index in [-0.39, 0.29) is 23.2 Å². The molecule has 1 aromatic heterocycles. The maximum Gasteiger partial charge on any atom is 0.150 e. The fourth-order valence-corrected chi connectivity index (χ4v) is 6.26. The van der Waals surface area contributed by atoms with Gasteiger partial charge in [-0.2, -0.15) is 0 Å². The van der Waals surface area contributed by atoms with Gasteiger partial charge in [0.05, 0.1) is 11.3 Å². The molecular formula is C37H43F2N5S. The van der Waals surface area contributed by atoms with Crippen LogP contribution in [0.15, 0.2) is 102 Å². The predicted octanol–water partition coefficient (Wildman–Crippen LogP) is 9.33. The summed E-state index contributed by atoms with van der Waals surface area (Å²) in [5.74, 6) is -0.0728. The number of para-hydroxylation sites is 1. The van der Waals surface area contributed by atoms with Gasteiger partial charge in [-0.15, -0.1) is 11.8 Å². The van der Waals surface area contributed by atoms with Crippen molar-refractivity contribution < 1.29 is 8.78 Å². The topological polar surface area (TPSA) is 43.8 Å². The van der Waals surface area contributed by atoms with Crippen LogP contribution >= 0.6 is 11.8 Å². The number of rotatable bonds is 11. The molecule has 0 radical (unpaired) electrons. The van der Waals surface area contributed by atoms with Crippen LogP contribution in [0.1, 0.15) is 50.3 Å². The Hall–Kier alpha value is -4.17. The van der Waals surface area contributed by atoms with Crippen LogP contribution in [0.3, 0.4) is 0 Å². The van der Waals surface area contributed by atoms with E-state index in [1.807, 2.05) is 19.2 Å². The Kier molecular flexibility index (Phi) is 11.0. The Morgan fingerprint density at radius 2 is 1.87 bits per heavy atom. The number of aliphatic imine (C=N–C) groups is 1. The molecular weight excluding hydrogens is 585 g/mol. The van der Waals surface area contributed by atoms with E-state index in [0.29, 0.717) is 48.8 Å². The first-order chi connectivity index (χ1) is 21.5. The summed E-state index contributed by atoms with van der Waals surface area (Å²) >= 11 is 1.62. The van der Waals surface area contributed by atoms with Gasteiger partial charge in [0.2, 0.25) is 0 Å². The quantitative estimate of drug-likeness (QED) is 0.0755. The largest absolute Gasteiger partial charge is 0.368 e. The number of nitrogens with zero attached hydrogens (tertiary/aromatic N) is 4. The minimum atomic E-state index is -0.645. The molecule has 0 bridgehead atoms. The number of nitrogens with one attached hydrogen (secondary N) is 1. The second-order valence-corrected chi connectivity index (χ2v) is 12.5. The highest BCUT2D eigenvalue weighted by atomic mass is 32.2. The molecule has 5 nitrogen and oxygen atoms in total. The number of amidine groups is 1. The van der Waals surface area contributed by atoms with E-state index in [9.17, 15) is 0 Å². The molecule has 0 spiro atoms. The van der Waals surface area contributed by atoms with Gasteiger partial charge in [0.25, 0.3) is 0 Å². The zero-order valence-electron chi connectivity index (χ0n) is 27.0. The van der Waals surface area contributed by atoms with Gasteiger partial charge in [0, 0.05) is 41.8 Å². The van der Waals surface area contributed by atoms with Gasteiger partial charge in [-0.05, 0) is 74.0 Å². The third-order valence-electron chi connectivity index (χ3n) is 7.92. The van der Waals surface area contributed by atoms with E-state index in [0.717, 1.165) is 27.4 Å². The molecule has 2 heterocycles. The van der Waals surface area contributed by atoms with Crippen LogP contribution < -0.4 is 5.32 Å². The van der Waals surface area contributed by atoms with Crippen LogP contribution in [0.4, 0.5) is 20.3 Å². The monoisotopic (exact) mass is 627 g/mol. The number of allylic oxidation sites excluding steroid dienone is 2. The molecule has 1 saturated heterocycles. The van der Waals surface area contributed by atoms with Crippen molar-refractivity contribution in [3.8, 4) is 11.3 Å². The number of thioether (sulfide) groups is 1. The molecule has 1 fully saturated rings. The first-order valence-electron chi connectivity index (χ1n) is 15.1. The van der Waals surface area contributed by atoms with Gasteiger partial charge in [-0.25, -0.2) is 18.8 Å². The van der Waals surface area contributed by atoms with Crippen molar-refractivity contribution in [2.45, 2.75) is 51.0 Å². The lowest BCUT2D eigenvalue weighted by molar-refractivity contribution is 0.172. The molecule has 1 aliphatic rings. The Balaban J connectivity index is 2.00. The van der Waals surface area contributed by atoms with E-state index in [4.69, 9.17) is 9.98 Å². The number of benzene rings is 2. The third kappa shape index (κ3) is 7.39. The fraction of sp³-hybridized carbons (Fsp3) is 0.297. The molecule has 45 heavy (non-hydrogen) atoms. The molecule has 0 saturated carbocycles. The highest BCUT2D eigenvalue weighted by molar-refractivity contribution is 7.98. The highest BCUT2D eigenvalue weighted by Gasteiger charge is 2.31. The SMILES string of the molecule is C=CNc1nc(-c2c(F)cccc2CC(=C)C)c(F)cc1C(=Nc1c(SC)cccc1C(C)C)N1CCN(C(=C)C=C)CC1C. The van der Waals surface area contributed by atoms with Gasteiger partial charge in [0.1, 0.15) is 29.0 Å². The van der Waals surface area contributed by atoms with Crippen LogP contribution in [-0.2, 0) is 6.42 Å². The predicted molar refractivity (Wildman–Crippen MR) is 188 cm³/mol. The van der Waals surface area contributed by atoms with Crippen LogP contribution in [0.25, 0.3) is 11.3 Å². The van der Waals surface area contributed by atoms with Crippen molar-refractivity contribution in [3.63, 3.8) is 0 Å². The first-order valence-corrected chi connectivity index (χ1v) is 16.3. The molecule has 0 amide bonds. The summed E-state index contributed by atoms with van der Waals surface area (Å²) in [5, 5.41) is 3.11. The maximum atomic E-state index is 16.4. The van der Waals surface area contributed by atoms with Crippen LogP contribution in [-0.4, -0.2) is 52.6 Å². The van der Waals surface area contributed by atoms with Crippen molar-refractivity contribution in [1.82, 2.24) is 14.8 Å². The lowest BCUT2D eigenvalue weighted by Gasteiger charge is -2.43. The minimum Gasteiger partial charge on any atom is -0.368 e. The number of halogens is 2. The Morgan fingerprint density at radius 3 is 2.49 bits per heavy atom. The summed E-state index contributed by atoms with van der Waals surface area (Å²) in [6.07, 6.45) is 5.67. The number of pyridine rings is 1. The highest BCUT2D eigenvalue weighted by Crippen LogP contribution is 2.38. The fourth-order valence-electron chi connectivity index (χ4n) is 5.68. The zero-order chi connectivity index (χ0) is 32.8. The molecule has 1 aliphatic heterocycles. The second kappa shape index (κ2) is 14.7. The van der Waals surface area contributed by atoms with Gasteiger partial charge in [-0.1, -0.05) is 70.0 Å². The van der Waals surface area contributed by atoms with Crippen molar-refractivity contribution in [1.29, 1.82) is 0 Å². The van der Waals surface area contributed by atoms with Crippen LogP contribution in [0.2, 0.25) is 0 Å². The number of hydrogen-bond donors (Lipinski definition) is 1. The zero-order valence-corrected chi connectivity index (χ0v) is 27.8.